The van der Waals surface area contributed by atoms with Crippen LogP contribution in [-0.4, -0.2) is 53.6 Å². The van der Waals surface area contributed by atoms with Crippen LogP contribution in [0, 0.1) is 9.39 Å². The fourth-order valence-corrected chi connectivity index (χ4v) is 7.00. The van der Waals surface area contributed by atoms with Gasteiger partial charge in [-0.05, 0) is 0 Å². The molecule has 0 aliphatic carbocycles. The van der Waals surface area contributed by atoms with Crippen LogP contribution < -0.4 is 36.6 Å². The molecule has 1 aliphatic heterocycles. The first-order valence-electron chi connectivity index (χ1n) is 11.9. The van der Waals surface area contributed by atoms with Gasteiger partial charge in [-0.3, -0.25) is 0 Å². The summed E-state index contributed by atoms with van der Waals surface area (Å²) in [4.78, 5) is 15.8. The average Bonchev–Trinajstić information content (AvgIpc) is 2.89. The van der Waals surface area contributed by atoms with Crippen molar-refractivity contribution in [2.75, 3.05) is 28.1 Å². The third-order valence-corrected chi connectivity index (χ3v) is 9.29. The third-order valence-electron chi connectivity index (χ3n) is 6.06. The molecule has 200 valence electrons. The Balaban J connectivity index is 1.37. The van der Waals surface area contributed by atoms with Crippen molar-refractivity contribution in [1.82, 2.24) is 20.3 Å². The summed E-state index contributed by atoms with van der Waals surface area (Å²) in [5, 5.41) is 6.26. The molecule has 2 aromatic heterocycles. The van der Waals surface area contributed by atoms with Crippen molar-refractivity contribution < 1.29 is 38.4 Å². The Morgan fingerprint density at radius 1 is 1.11 bits per heavy atom. The van der Waals surface area contributed by atoms with Crippen LogP contribution in [0.3, 0.4) is 0 Å². The number of rotatable bonds is 8. The minimum atomic E-state index is -3.79. The molecular formula is C26H26F2IN6O2S-. The predicted molar refractivity (Wildman–Crippen MR) is 140 cm³/mol. The molecule has 1 saturated heterocycles. The van der Waals surface area contributed by atoms with Gasteiger partial charge < -0.3 is 0 Å². The first-order valence-corrected chi connectivity index (χ1v) is 16.8. The van der Waals surface area contributed by atoms with Crippen molar-refractivity contribution >= 4 is 32.7 Å². The molecule has 3 N–H and O–H groups in total. The van der Waals surface area contributed by atoms with Crippen molar-refractivity contribution in [3.63, 3.8) is 0 Å². The van der Waals surface area contributed by atoms with E-state index in [1.807, 2.05) is 6.07 Å². The third kappa shape index (κ3) is 6.35. The van der Waals surface area contributed by atoms with E-state index in [1.54, 1.807) is 42.6 Å². The fourth-order valence-electron chi connectivity index (χ4n) is 4.28. The number of fused-ring (bicyclic) bond motifs is 1. The monoisotopic (exact) mass is 651 g/mol. The van der Waals surface area contributed by atoms with Crippen molar-refractivity contribution in [1.29, 1.82) is 0 Å². The van der Waals surface area contributed by atoms with Gasteiger partial charge in [0.2, 0.25) is 0 Å². The molecule has 5 rings (SSSR count). The molecule has 4 aromatic rings. The van der Waals surface area contributed by atoms with Crippen molar-refractivity contribution in [3.05, 3.63) is 75.7 Å². The van der Waals surface area contributed by atoms with Gasteiger partial charge in [0, 0.05) is 0 Å². The molecule has 1 aliphatic rings. The van der Waals surface area contributed by atoms with Gasteiger partial charge in [-0.1, -0.05) is 18.2 Å². The summed E-state index contributed by atoms with van der Waals surface area (Å²) in [6.45, 7) is 0.992. The molecule has 38 heavy (non-hydrogen) atoms. The van der Waals surface area contributed by atoms with Gasteiger partial charge in [-0.2, -0.15) is 0 Å². The van der Waals surface area contributed by atoms with Gasteiger partial charge in [0.25, 0.3) is 0 Å². The fraction of sp³-hybridized carbons (Fsp3) is 0.269. The molecule has 0 spiro atoms. The summed E-state index contributed by atoms with van der Waals surface area (Å²) in [5.74, 6) is -0.533. The Morgan fingerprint density at radius 3 is 2.66 bits per heavy atom. The summed E-state index contributed by atoms with van der Waals surface area (Å²) in [6.07, 6.45) is 1.10. The summed E-state index contributed by atoms with van der Waals surface area (Å²) in [5.41, 5.74) is 2.83. The first-order chi connectivity index (χ1) is 18.3. The second-order valence-electron chi connectivity index (χ2n) is 8.98. The number of sulfonamides is 1. The number of aromatic nitrogens is 3. The van der Waals surface area contributed by atoms with Gasteiger partial charge in [-0.15, -0.1) is 0 Å². The van der Waals surface area contributed by atoms with Gasteiger partial charge in [0.1, 0.15) is 0 Å². The van der Waals surface area contributed by atoms with Crippen molar-refractivity contribution in [3.8, 4) is 11.3 Å². The topological polar surface area (TPSA) is 109 Å². The molecule has 3 heterocycles. The second-order valence-corrected chi connectivity index (χ2v) is 12.9. The van der Waals surface area contributed by atoms with E-state index in [9.17, 15) is 17.2 Å². The molecule has 0 bridgehead atoms. The number of benzene rings is 2. The van der Waals surface area contributed by atoms with E-state index in [-0.39, 0.29) is 17.5 Å². The number of alkyl halides is 2. The maximum absolute atomic E-state index is 15.0. The van der Waals surface area contributed by atoms with Gasteiger partial charge in [-0.25, -0.2) is 0 Å². The van der Waals surface area contributed by atoms with E-state index in [4.69, 9.17) is 0 Å². The minimum absolute atomic E-state index is 0.102. The molecule has 12 heteroatoms. The molecule has 0 amide bonds. The maximum atomic E-state index is 15.0. The number of halogens is 3. The summed E-state index contributed by atoms with van der Waals surface area (Å²) in [7, 11) is -3.79. The number of piperidine rings is 1. The Hall–Kier alpha value is -2.97. The Labute approximate surface area is 230 Å². The number of anilines is 2. The number of nitrogens with one attached hydrogen (secondary N) is 3. The molecular weight excluding hydrogens is 625 g/mol. The van der Waals surface area contributed by atoms with E-state index in [0.29, 0.717) is 53.3 Å². The zero-order valence-corrected chi connectivity index (χ0v) is 23.4. The number of pyridine rings is 1. The van der Waals surface area contributed by atoms with Gasteiger partial charge in [0.05, 0.1) is 0 Å². The molecule has 2 atom stereocenters. The van der Waals surface area contributed by atoms with Gasteiger partial charge >= 0.3 is 213 Å². The first kappa shape index (κ1) is 26.6. The molecule has 0 radical (unpaired) electrons. The number of hydrogen-bond donors (Lipinski definition) is 3. The van der Waals surface area contributed by atoms with E-state index >= 15 is 0 Å². The summed E-state index contributed by atoms with van der Waals surface area (Å²) in [6, 6.07) is 14.8. The summed E-state index contributed by atoms with van der Waals surface area (Å²) < 4.78 is 57.2. The van der Waals surface area contributed by atoms with Crippen LogP contribution >= 0.6 is 0 Å². The van der Waals surface area contributed by atoms with E-state index in [1.165, 1.54) is 12.1 Å². The number of nitrogens with zero attached hydrogens (tertiary/aromatic N) is 3. The molecule has 0 saturated carbocycles. The van der Waals surface area contributed by atoms with Crippen LogP contribution in [0.1, 0.15) is 12.0 Å². The van der Waals surface area contributed by atoms with Crippen LogP contribution in [0.2, 0.25) is 0 Å². The van der Waals surface area contributed by atoms with Crippen molar-refractivity contribution in [2.45, 2.75) is 24.4 Å². The molecule has 0 unspecified atom stereocenters. The van der Waals surface area contributed by atoms with Crippen LogP contribution in [0.4, 0.5) is 20.4 Å². The van der Waals surface area contributed by atoms with Crippen LogP contribution in [0.15, 0.2) is 60.8 Å². The van der Waals surface area contributed by atoms with Crippen LogP contribution in [0.5, 0.6) is 0 Å². The second kappa shape index (κ2) is 11.4. The number of hydrogen-bond acceptors (Lipinski definition) is 7. The zero-order chi connectivity index (χ0) is 26.7. The van der Waals surface area contributed by atoms with E-state index in [2.05, 4.69) is 35.2 Å². The Morgan fingerprint density at radius 2 is 1.92 bits per heavy atom. The SMILES string of the molecule is C[I-]c1cc(-c2ccc(NS(=O)(=O)Cc3ccccc3)c(F)c2)nc2cnc(N[C@@H]3CNC[C@@H](F)C3)nc12. The van der Waals surface area contributed by atoms with E-state index in [0.717, 1.165) is 3.57 Å². The molecule has 2 aromatic carbocycles. The zero-order valence-electron chi connectivity index (χ0n) is 20.5. The quantitative estimate of drug-likeness (QED) is 0.191. The normalized spacial score (nSPS) is 18.0. The predicted octanol–water partition coefficient (Wildman–Crippen LogP) is 0.773. The van der Waals surface area contributed by atoms with Gasteiger partial charge in [0.15, 0.2) is 0 Å². The Bertz CT molecular complexity index is 1560. The molecule has 1 fully saturated rings. The van der Waals surface area contributed by atoms with Crippen molar-refractivity contribution in [2.24, 2.45) is 0 Å². The van der Waals surface area contributed by atoms with Crippen LogP contribution in [0.25, 0.3) is 22.3 Å². The Kier molecular flexibility index (Phi) is 8.00. The average molecular weight is 652 g/mol. The van der Waals surface area contributed by atoms with Crippen LogP contribution in [-0.2, 0) is 15.8 Å². The van der Waals surface area contributed by atoms with E-state index < -0.39 is 43.2 Å². The summed E-state index contributed by atoms with van der Waals surface area (Å²) >= 11 is -0.416. The standard InChI is InChI=1S/C26H26F2IN6O2S/c1-29-21-11-23(33-24-14-31-26(34-25(21)24)32-19-10-18(27)12-30-13-19)17-7-8-22(20(28)9-17)35-38(36,37)15-16-5-3-2-4-6-16/h2-9,11,14,18-19,30,35H,10,12-13,15H2,1H3,(H,31,32,34)/q-1/t18-,19-/m0/s1. The molecule has 8 nitrogen and oxygen atoms in total.